The minimum atomic E-state index is -0.485. The molecule has 1 atom stereocenters. The molecule has 2 aliphatic rings. The molecule has 0 spiro atoms. The molecule has 1 aromatic carbocycles. The van der Waals surface area contributed by atoms with Crippen molar-refractivity contribution >= 4 is 17.5 Å². The molecule has 2 heterocycles. The maximum absolute atomic E-state index is 12.9. The summed E-state index contributed by atoms with van der Waals surface area (Å²) in [6.07, 6.45) is 1.79. The van der Waals surface area contributed by atoms with Crippen LogP contribution in [0.5, 0.6) is 0 Å². The number of hydrogen-bond acceptors (Lipinski definition) is 4. The molecule has 166 valence electrons. The number of carbonyl (C=O) groups excluding carboxylic acids is 1. The molecule has 0 N–H and O–H groups in total. The zero-order chi connectivity index (χ0) is 22.1. The van der Waals surface area contributed by atoms with Gasteiger partial charge in [0, 0.05) is 55.8 Å². The quantitative estimate of drug-likeness (QED) is 0.672. The lowest BCUT2D eigenvalue weighted by Crippen LogP contribution is -2.49. The largest absolute Gasteiger partial charge is 0.597 e. The van der Waals surface area contributed by atoms with E-state index in [4.69, 9.17) is 4.74 Å². The molecule has 0 radical (unpaired) electrons. The minimum absolute atomic E-state index is 0.226. The van der Waals surface area contributed by atoms with Crippen LogP contribution >= 0.6 is 0 Å². The van der Waals surface area contributed by atoms with Gasteiger partial charge in [0.25, 0.3) is 0 Å². The molecule has 30 heavy (non-hydrogen) atoms. The van der Waals surface area contributed by atoms with Gasteiger partial charge in [-0.15, -0.1) is 4.58 Å². The lowest BCUT2D eigenvalue weighted by atomic mass is 9.93. The van der Waals surface area contributed by atoms with Gasteiger partial charge in [-0.2, -0.15) is 4.79 Å². The van der Waals surface area contributed by atoms with Crippen molar-refractivity contribution in [2.45, 2.75) is 73.0 Å². The van der Waals surface area contributed by atoms with Crippen molar-refractivity contribution in [2.75, 3.05) is 37.6 Å². The van der Waals surface area contributed by atoms with Crippen molar-refractivity contribution in [2.24, 2.45) is 5.92 Å². The predicted octanol–water partition coefficient (Wildman–Crippen LogP) is 4.69. The Kier molecular flexibility index (Phi) is 6.91. The summed E-state index contributed by atoms with van der Waals surface area (Å²) >= 11 is 0. The molecule has 0 aliphatic carbocycles. The van der Waals surface area contributed by atoms with Crippen LogP contribution in [0.3, 0.4) is 0 Å². The monoisotopic (exact) mass is 414 g/mol. The highest BCUT2D eigenvalue weighted by atomic mass is 16.6. The van der Waals surface area contributed by atoms with Gasteiger partial charge in [0.05, 0.1) is 0 Å². The fourth-order valence-electron chi connectivity index (χ4n) is 4.50. The molecule has 1 saturated heterocycles. The Morgan fingerprint density at radius 1 is 1.17 bits per heavy atom. The van der Waals surface area contributed by atoms with E-state index in [0.29, 0.717) is 12.0 Å². The zero-order valence-corrected chi connectivity index (χ0v) is 20.0. The van der Waals surface area contributed by atoms with E-state index in [2.05, 4.69) is 55.7 Å². The third-order valence-electron chi connectivity index (χ3n) is 6.22. The first-order chi connectivity index (χ1) is 14.0. The van der Waals surface area contributed by atoms with Crippen molar-refractivity contribution in [3.8, 4) is 0 Å². The second-order valence-corrected chi connectivity index (χ2v) is 10.3. The lowest BCUT2D eigenvalue weighted by molar-refractivity contribution is -0.463. The summed E-state index contributed by atoms with van der Waals surface area (Å²) in [6.45, 7) is 19.8. The zero-order valence-electron chi connectivity index (χ0n) is 20.0. The van der Waals surface area contributed by atoms with Crippen LogP contribution in [0.15, 0.2) is 18.2 Å². The van der Waals surface area contributed by atoms with Gasteiger partial charge >= 0.3 is 6.09 Å². The number of benzene rings is 1. The number of nitrogens with zero attached hydrogens (tertiary/aromatic N) is 3. The number of piperazine rings is 1. The molecule has 3 rings (SSSR count). The molecule has 5 nitrogen and oxygen atoms in total. The first-order valence-corrected chi connectivity index (χ1v) is 11.5. The Bertz CT molecular complexity index is 799. The van der Waals surface area contributed by atoms with E-state index in [1.54, 1.807) is 0 Å². The van der Waals surface area contributed by atoms with Gasteiger partial charge < -0.3 is 9.64 Å². The summed E-state index contributed by atoms with van der Waals surface area (Å²) in [5.74, 6) is 0.485. The van der Waals surface area contributed by atoms with E-state index in [0.717, 1.165) is 56.8 Å². The van der Waals surface area contributed by atoms with Gasteiger partial charge in [-0.3, -0.25) is 4.90 Å². The standard InChI is InChI=1S/C25H40N3O2/c1-18(2)26-12-14-27(15-13-26)22-11-9-21(16-20(22)4)23-10-8-19(3)17-28(23)24(29)30-25(5,6)7/h9,11,16,18-19H,8,10,12-15,17H2,1-7H3/q+1/t19-/m0/s1. The number of amides is 1. The Morgan fingerprint density at radius 3 is 2.40 bits per heavy atom. The van der Waals surface area contributed by atoms with E-state index >= 15 is 0 Å². The van der Waals surface area contributed by atoms with Crippen molar-refractivity contribution in [1.29, 1.82) is 0 Å². The molecule has 5 heteroatoms. The Labute approximate surface area is 182 Å². The van der Waals surface area contributed by atoms with Gasteiger partial charge in [0.15, 0.2) is 12.3 Å². The van der Waals surface area contributed by atoms with Crippen molar-refractivity contribution in [3.05, 3.63) is 29.3 Å². The minimum Gasteiger partial charge on any atom is -0.406 e. The molecule has 0 saturated carbocycles. The number of rotatable bonds is 3. The van der Waals surface area contributed by atoms with Crippen LogP contribution < -0.4 is 4.90 Å². The van der Waals surface area contributed by atoms with E-state index < -0.39 is 5.60 Å². The fourth-order valence-corrected chi connectivity index (χ4v) is 4.50. The molecule has 1 amide bonds. The number of aryl methyl sites for hydroxylation is 1. The average molecular weight is 415 g/mol. The summed E-state index contributed by atoms with van der Waals surface area (Å²) in [4.78, 5) is 17.9. The highest BCUT2D eigenvalue weighted by Gasteiger charge is 2.35. The Morgan fingerprint density at radius 2 is 1.83 bits per heavy atom. The summed E-state index contributed by atoms with van der Waals surface area (Å²) in [6, 6.07) is 7.31. The van der Waals surface area contributed by atoms with Gasteiger partial charge in [0.1, 0.15) is 5.60 Å². The van der Waals surface area contributed by atoms with E-state index in [-0.39, 0.29) is 6.09 Å². The molecule has 0 unspecified atom stereocenters. The highest BCUT2D eigenvalue weighted by Crippen LogP contribution is 2.26. The fraction of sp³-hybridized carbons (Fsp3) is 0.680. The second kappa shape index (κ2) is 9.09. The normalized spacial score (nSPS) is 21.3. The van der Waals surface area contributed by atoms with Crippen molar-refractivity contribution in [1.82, 2.24) is 4.90 Å². The van der Waals surface area contributed by atoms with E-state index in [9.17, 15) is 4.79 Å². The second-order valence-electron chi connectivity index (χ2n) is 10.3. The summed E-state index contributed by atoms with van der Waals surface area (Å²) < 4.78 is 7.58. The number of anilines is 1. The molecule has 1 aromatic rings. The molecule has 2 aliphatic heterocycles. The van der Waals surface area contributed by atoms with E-state index in [1.807, 2.05) is 25.3 Å². The van der Waals surface area contributed by atoms with Crippen LogP contribution in [-0.2, 0) is 4.74 Å². The van der Waals surface area contributed by atoms with Crippen LogP contribution in [-0.4, -0.2) is 65.6 Å². The smallest absolute Gasteiger partial charge is 0.406 e. The first-order valence-electron chi connectivity index (χ1n) is 11.5. The van der Waals surface area contributed by atoms with Crippen molar-refractivity contribution in [3.63, 3.8) is 0 Å². The topological polar surface area (TPSA) is 35.8 Å². The number of carbonyl (C=O) groups is 1. The van der Waals surface area contributed by atoms with Gasteiger partial charge in [-0.1, -0.05) is 6.92 Å². The maximum atomic E-state index is 12.9. The van der Waals surface area contributed by atoms with Crippen LogP contribution in [0.1, 0.15) is 65.5 Å². The third kappa shape index (κ3) is 5.42. The number of ether oxygens (including phenoxy) is 1. The molecule has 0 aromatic heterocycles. The Balaban J connectivity index is 1.84. The van der Waals surface area contributed by atoms with Crippen molar-refractivity contribution < 1.29 is 14.1 Å². The van der Waals surface area contributed by atoms with E-state index in [1.165, 1.54) is 11.3 Å². The molecular formula is C25H40N3O2+. The maximum Gasteiger partial charge on any atom is 0.597 e. The Hall–Kier alpha value is -1.88. The number of hydrogen-bond donors (Lipinski definition) is 0. The summed E-state index contributed by atoms with van der Waals surface area (Å²) in [5.41, 5.74) is 4.36. The molecule has 0 bridgehead atoms. The van der Waals surface area contributed by atoms with Gasteiger partial charge in [-0.05, 0) is 71.7 Å². The third-order valence-corrected chi connectivity index (χ3v) is 6.22. The summed E-state index contributed by atoms with van der Waals surface area (Å²) in [7, 11) is 0. The molecule has 1 fully saturated rings. The van der Waals surface area contributed by atoms with Crippen LogP contribution in [0.2, 0.25) is 0 Å². The lowest BCUT2D eigenvalue weighted by Gasteiger charge is -2.38. The van der Waals surface area contributed by atoms with Crippen LogP contribution in [0.25, 0.3) is 0 Å². The SMILES string of the molecule is Cc1cc(C2=[N+](C(=O)OC(C)(C)C)C[C@@H](C)CC2)ccc1N1CCN(C(C)C)CC1. The van der Waals surface area contributed by atoms with Gasteiger partial charge in [0.2, 0.25) is 0 Å². The highest BCUT2D eigenvalue weighted by molar-refractivity contribution is 5.99. The van der Waals surface area contributed by atoms with Crippen LogP contribution in [0, 0.1) is 12.8 Å². The predicted molar refractivity (Wildman–Crippen MR) is 124 cm³/mol. The van der Waals surface area contributed by atoms with Crippen LogP contribution in [0.4, 0.5) is 10.5 Å². The first kappa shape index (κ1) is 22.8. The molecular weight excluding hydrogens is 374 g/mol. The summed E-state index contributed by atoms with van der Waals surface area (Å²) in [5, 5.41) is 0. The average Bonchev–Trinajstić information content (AvgIpc) is 2.66. The van der Waals surface area contributed by atoms with Gasteiger partial charge in [-0.25, -0.2) is 0 Å².